The molecule has 1 aromatic rings. The van der Waals surface area contributed by atoms with Gasteiger partial charge in [-0.15, -0.1) is 0 Å². The Kier molecular flexibility index (Phi) is 4.63. The summed E-state index contributed by atoms with van der Waals surface area (Å²) in [6.45, 7) is 3.75. The van der Waals surface area contributed by atoms with Gasteiger partial charge in [0.15, 0.2) is 9.84 Å². The van der Waals surface area contributed by atoms with Gasteiger partial charge in [0.05, 0.1) is 11.9 Å². The summed E-state index contributed by atoms with van der Waals surface area (Å²) in [5.74, 6) is 0.901. The van der Waals surface area contributed by atoms with Gasteiger partial charge >= 0.3 is 0 Å². The van der Waals surface area contributed by atoms with Gasteiger partial charge < -0.3 is 10.2 Å². The van der Waals surface area contributed by atoms with Crippen LogP contribution in [0.4, 0.5) is 5.95 Å². The fourth-order valence-electron chi connectivity index (χ4n) is 3.29. The van der Waals surface area contributed by atoms with E-state index in [4.69, 9.17) is 4.98 Å². The lowest BCUT2D eigenvalue weighted by atomic mass is 9.94. The van der Waals surface area contributed by atoms with Gasteiger partial charge in [-0.25, -0.2) is 18.4 Å². The predicted molar refractivity (Wildman–Crippen MR) is 86.1 cm³/mol. The molecule has 22 heavy (non-hydrogen) atoms. The molecule has 0 aromatic carbocycles. The van der Waals surface area contributed by atoms with Gasteiger partial charge in [-0.2, -0.15) is 0 Å². The molecule has 3 heterocycles. The van der Waals surface area contributed by atoms with Gasteiger partial charge in [0.2, 0.25) is 5.95 Å². The summed E-state index contributed by atoms with van der Waals surface area (Å²) in [6, 6.07) is 0. The van der Waals surface area contributed by atoms with E-state index in [2.05, 4.69) is 15.2 Å². The van der Waals surface area contributed by atoms with Crippen LogP contribution in [0.15, 0.2) is 11.1 Å². The van der Waals surface area contributed by atoms with Crippen molar-refractivity contribution in [3.63, 3.8) is 0 Å². The summed E-state index contributed by atoms with van der Waals surface area (Å²) in [5, 5.41) is 3.32. The van der Waals surface area contributed by atoms with E-state index in [1.165, 1.54) is 18.9 Å². The van der Waals surface area contributed by atoms with Crippen molar-refractivity contribution in [2.45, 2.75) is 42.9 Å². The van der Waals surface area contributed by atoms with Crippen LogP contribution in [0.2, 0.25) is 0 Å². The maximum Gasteiger partial charge on any atom is 0.225 e. The smallest absolute Gasteiger partial charge is 0.225 e. The number of piperidine rings is 2. The van der Waals surface area contributed by atoms with Gasteiger partial charge in [0.1, 0.15) is 4.90 Å². The SMILES string of the molecule is CS(=O)(=O)c1cnc(N2CCCCC2)nc1C1CCNCC1. The Morgan fingerprint density at radius 1 is 1.18 bits per heavy atom. The van der Waals surface area contributed by atoms with Crippen LogP contribution in [0.5, 0.6) is 0 Å². The average Bonchev–Trinajstić information content (AvgIpc) is 2.55. The van der Waals surface area contributed by atoms with Gasteiger partial charge in [-0.3, -0.25) is 0 Å². The Bertz CT molecular complexity index is 620. The van der Waals surface area contributed by atoms with Crippen LogP contribution in [0.3, 0.4) is 0 Å². The molecule has 2 aliphatic heterocycles. The van der Waals surface area contributed by atoms with Crippen LogP contribution >= 0.6 is 0 Å². The van der Waals surface area contributed by atoms with E-state index in [1.54, 1.807) is 0 Å². The molecule has 3 rings (SSSR count). The Labute approximate surface area is 132 Å². The van der Waals surface area contributed by atoms with E-state index in [0.29, 0.717) is 10.8 Å². The van der Waals surface area contributed by atoms with E-state index in [0.717, 1.165) is 57.6 Å². The fraction of sp³-hybridized carbons (Fsp3) is 0.733. The highest BCUT2D eigenvalue weighted by Gasteiger charge is 2.26. The van der Waals surface area contributed by atoms with Crippen molar-refractivity contribution >= 4 is 15.8 Å². The van der Waals surface area contributed by atoms with Crippen molar-refractivity contribution in [1.82, 2.24) is 15.3 Å². The second-order valence-corrected chi connectivity index (χ2v) is 8.25. The largest absolute Gasteiger partial charge is 0.341 e. The maximum absolute atomic E-state index is 12.1. The second-order valence-electron chi connectivity index (χ2n) is 6.26. The molecule has 0 saturated carbocycles. The highest BCUT2D eigenvalue weighted by molar-refractivity contribution is 7.90. The molecular formula is C15H24N4O2S. The molecule has 7 heteroatoms. The predicted octanol–water partition coefficient (Wildman–Crippen LogP) is 1.34. The number of rotatable bonds is 3. The zero-order valence-electron chi connectivity index (χ0n) is 13.1. The first kappa shape index (κ1) is 15.7. The molecule has 0 atom stereocenters. The van der Waals surface area contributed by atoms with Crippen molar-refractivity contribution < 1.29 is 8.42 Å². The molecule has 0 unspecified atom stereocenters. The summed E-state index contributed by atoms with van der Waals surface area (Å²) in [6.07, 6.45) is 8.18. The van der Waals surface area contributed by atoms with Crippen molar-refractivity contribution in [3.8, 4) is 0 Å². The normalized spacial score (nSPS) is 21.0. The van der Waals surface area contributed by atoms with Gasteiger partial charge in [-0.1, -0.05) is 0 Å². The first-order valence-corrected chi connectivity index (χ1v) is 9.97. The highest BCUT2D eigenvalue weighted by atomic mass is 32.2. The third kappa shape index (κ3) is 3.41. The van der Waals surface area contributed by atoms with Crippen LogP contribution in [0.25, 0.3) is 0 Å². The van der Waals surface area contributed by atoms with Crippen molar-refractivity contribution in [1.29, 1.82) is 0 Å². The van der Waals surface area contributed by atoms with Crippen LogP contribution in [-0.4, -0.2) is 50.8 Å². The van der Waals surface area contributed by atoms with E-state index < -0.39 is 9.84 Å². The van der Waals surface area contributed by atoms with Crippen LogP contribution in [0, 0.1) is 0 Å². The lowest BCUT2D eigenvalue weighted by Crippen LogP contribution is -2.32. The number of nitrogens with zero attached hydrogens (tertiary/aromatic N) is 3. The summed E-state index contributed by atoms with van der Waals surface area (Å²) < 4.78 is 24.1. The number of hydrogen-bond donors (Lipinski definition) is 1. The fourth-order valence-corrected chi connectivity index (χ4v) is 4.13. The zero-order valence-corrected chi connectivity index (χ0v) is 13.9. The lowest BCUT2D eigenvalue weighted by molar-refractivity contribution is 0.445. The molecule has 0 amide bonds. The quantitative estimate of drug-likeness (QED) is 0.904. The standard InChI is InChI=1S/C15H24N4O2S/c1-22(20,21)13-11-17-15(19-9-3-2-4-10-19)18-14(13)12-5-7-16-8-6-12/h11-12,16H,2-10H2,1H3. The molecule has 0 aliphatic carbocycles. The molecule has 0 radical (unpaired) electrons. The van der Waals surface area contributed by atoms with Crippen LogP contribution in [0.1, 0.15) is 43.7 Å². The third-order valence-electron chi connectivity index (χ3n) is 4.53. The monoisotopic (exact) mass is 324 g/mol. The first-order valence-electron chi connectivity index (χ1n) is 8.08. The van der Waals surface area contributed by atoms with Gasteiger partial charge in [-0.05, 0) is 45.2 Å². The summed E-state index contributed by atoms with van der Waals surface area (Å²) in [4.78, 5) is 11.5. The topological polar surface area (TPSA) is 75.2 Å². The summed E-state index contributed by atoms with van der Waals surface area (Å²) in [5.41, 5.74) is 0.722. The van der Waals surface area contributed by atoms with E-state index in [9.17, 15) is 8.42 Å². The maximum atomic E-state index is 12.1. The number of aromatic nitrogens is 2. The summed E-state index contributed by atoms with van der Waals surface area (Å²) >= 11 is 0. The van der Waals surface area contributed by atoms with E-state index in [-0.39, 0.29) is 5.92 Å². The number of hydrogen-bond acceptors (Lipinski definition) is 6. The van der Waals surface area contributed by atoms with E-state index in [1.807, 2.05) is 0 Å². The van der Waals surface area contributed by atoms with E-state index >= 15 is 0 Å². The molecule has 122 valence electrons. The van der Waals surface area contributed by atoms with Crippen molar-refractivity contribution in [3.05, 3.63) is 11.9 Å². The first-order chi connectivity index (χ1) is 10.6. The molecule has 2 saturated heterocycles. The van der Waals surface area contributed by atoms with Crippen molar-refractivity contribution in [2.75, 3.05) is 37.3 Å². The zero-order chi connectivity index (χ0) is 15.6. The van der Waals surface area contributed by atoms with Crippen LogP contribution < -0.4 is 10.2 Å². The van der Waals surface area contributed by atoms with Gasteiger partial charge in [0.25, 0.3) is 0 Å². The summed E-state index contributed by atoms with van der Waals surface area (Å²) in [7, 11) is -3.29. The molecule has 1 N–H and O–H groups in total. The van der Waals surface area contributed by atoms with Crippen molar-refractivity contribution in [2.24, 2.45) is 0 Å². The molecule has 2 aliphatic rings. The minimum Gasteiger partial charge on any atom is -0.341 e. The molecule has 0 spiro atoms. The minimum atomic E-state index is -3.29. The minimum absolute atomic E-state index is 0.206. The number of anilines is 1. The second kappa shape index (κ2) is 6.50. The van der Waals surface area contributed by atoms with Crippen LogP contribution in [-0.2, 0) is 9.84 Å². The molecule has 0 bridgehead atoms. The Morgan fingerprint density at radius 2 is 1.86 bits per heavy atom. The molecule has 1 aromatic heterocycles. The van der Waals surface area contributed by atoms with Gasteiger partial charge in [0, 0.05) is 25.3 Å². The Morgan fingerprint density at radius 3 is 2.50 bits per heavy atom. The lowest BCUT2D eigenvalue weighted by Gasteiger charge is -2.29. The molecule has 2 fully saturated rings. The highest BCUT2D eigenvalue weighted by Crippen LogP contribution is 2.30. The average molecular weight is 324 g/mol. The third-order valence-corrected chi connectivity index (χ3v) is 5.65. The Hall–Kier alpha value is -1.21. The Balaban J connectivity index is 1.97. The molecular weight excluding hydrogens is 300 g/mol. The molecule has 6 nitrogen and oxygen atoms in total. The number of nitrogens with one attached hydrogen (secondary N) is 1. The number of sulfone groups is 1.